The van der Waals surface area contributed by atoms with Gasteiger partial charge in [-0.2, -0.15) is 0 Å². The number of urea groups is 1. The van der Waals surface area contributed by atoms with E-state index in [0.717, 1.165) is 4.90 Å². The molecule has 6 nitrogen and oxygen atoms in total. The zero-order chi connectivity index (χ0) is 21.3. The van der Waals surface area contributed by atoms with Crippen LogP contribution in [-0.2, 0) is 16.0 Å². The molecule has 0 aliphatic carbocycles. The van der Waals surface area contributed by atoms with E-state index in [0.29, 0.717) is 26.3 Å². The lowest BCUT2D eigenvalue weighted by molar-refractivity contribution is -0.129. The van der Waals surface area contributed by atoms with E-state index in [1.165, 1.54) is 12.1 Å². The SMILES string of the molecule is NC(=O)C1(Cc2ccc(Cl)cc2Cl)CC(=O)N(C(=O)Nc2ccc(Cl)c(Cl)c2)C1. The molecule has 3 N–H and O–H groups in total. The topological polar surface area (TPSA) is 92.5 Å². The Kier molecular flexibility index (Phi) is 6.29. The van der Waals surface area contributed by atoms with E-state index in [-0.39, 0.29) is 24.4 Å². The molecule has 0 bridgehead atoms. The molecular weight excluding hydrogens is 460 g/mol. The Morgan fingerprint density at radius 3 is 2.38 bits per heavy atom. The Morgan fingerprint density at radius 2 is 1.76 bits per heavy atom. The Balaban J connectivity index is 1.81. The summed E-state index contributed by atoms with van der Waals surface area (Å²) in [5.41, 5.74) is 5.31. The van der Waals surface area contributed by atoms with Gasteiger partial charge in [-0.15, -0.1) is 0 Å². The number of anilines is 1. The van der Waals surface area contributed by atoms with Crippen LogP contribution in [0.15, 0.2) is 36.4 Å². The van der Waals surface area contributed by atoms with Crippen molar-refractivity contribution in [2.75, 3.05) is 11.9 Å². The van der Waals surface area contributed by atoms with Crippen LogP contribution >= 0.6 is 46.4 Å². The fourth-order valence-corrected chi connectivity index (χ4v) is 3.96. The third-order valence-corrected chi connectivity index (χ3v) is 6.06. The maximum atomic E-state index is 12.6. The quantitative estimate of drug-likeness (QED) is 0.667. The summed E-state index contributed by atoms with van der Waals surface area (Å²) in [6.07, 6.45) is -0.114. The van der Waals surface area contributed by atoms with Crippen LogP contribution in [0.3, 0.4) is 0 Å². The molecule has 152 valence electrons. The van der Waals surface area contributed by atoms with E-state index in [2.05, 4.69) is 5.32 Å². The van der Waals surface area contributed by atoms with Gasteiger partial charge in [0.1, 0.15) is 0 Å². The van der Waals surface area contributed by atoms with Gasteiger partial charge in [-0.05, 0) is 42.3 Å². The number of amides is 4. The number of primary amides is 1. The van der Waals surface area contributed by atoms with Crippen molar-refractivity contribution >= 4 is 69.9 Å². The number of carbonyl (C=O) groups excluding carboxylic acids is 3. The number of hydrogen-bond acceptors (Lipinski definition) is 3. The summed E-state index contributed by atoms with van der Waals surface area (Å²) in [6.45, 7) is -0.173. The highest BCUT2D eigenvalue weighted by atomic mass is 35.5. The number of nitrogens with zero attached hydrogens (tertiary/aromatic N) is 1. The molecule has 29 heavy (non-hydrogen) atoms. The monoisotopic (exact) mass is 473 g/mol. The lowest BCUT2D eigenvalue weighted by Crippen LogP contribution is -2.43. The first-order valence-electron chi connectivity index (χ1n) is 8.41. The summed E-state index contributed by atoms with van der Waals surface area (Å²) in [5, 5.41) is 3.94. The maximum absolute atomic E-state index is 12.6. The summed E-state index contributed by atoms with van der Waals surface area (Å²) in [5.74, 6) is -1.21. The number of imide groups is 1. The molecule has 3 rings (SSSR count). The smallest absolute Gasteiger partial charge is 0.328 e. The summed E-state index contributed by atoms with van der Waals surface area (Å²) in [4.78, 5) is 38.4. The molecule has 0 spiro atoms. The lowest BCUT2D eigenvalue weighted by Gasteiger charge is -2.25. The second kappa shape index (κ2) is 8.40. The maximum Gasteiger partial charge on any atom is 0.328 e. The van der Waals surface area contributed by atoms with Crippen molar-refractivity contribution in [1.29, 1.82) is 0 Å². The Hall–Kier alpha value is -1.99. The molecule has 2 aromatic carbocycles. The molecule has 1 heterocycles. The van der Waals surface area contributed by atoms with Gasteiger partial charge in [0.15, 0.2) is 0 Å². The second-order valence-electron chi connectivity index (χ2n) is 6.77. The first kappa shape index (κ1) is 21.7. The predicted octanol–water partition coefficient (Wildman–Crippen LogP) is 4.78. The molecule has 0 saturated carbocycles. The van der Waals surface area contributed by atoms with Gasteiger partial charge in [0.25, 0.3) is 0 Å². The molecule has 1 unspecified atom stereocenters. The number of nitrogens with one attached hydrogen (secondary N) is 1. The highest BCUT2D eigenvalue weighted by molar-refractivity contribution is 6.42. The molecule has 1 aliphatic heterocycles. The van der Waals surface area contributed by atoms with Gasteiger partial charge in [0.05, 0.1) is 15.5 Å². The first-order valence-corrected chi connectivity index (χ1v) is 9.93. The molecule has 10 heteroatoms. The Morgan fingerprint density at radius 1 is 1.03 bits per heavy atom. The molecule has 1 atom stereocenters. The van der Waals surface area contributed by atoms with Gasteiger partial charge in [0.2, 0.25) is 11.8 Å². The van der Waals surface area contributed by atoms with Crippen LogP contribution in [0.2, 0.25) is 20.1 Å². The van der Waals surface area contributed by atoms with Crippen LogP contribution in [0.5, 0.6) is 0 Å². The molecule has 1 fully saturated rings. The van der Waals surface area contributed by atoms with Gasteiger partial charge < -0.3 is 11.1 Å². The Labute approximate surface area is 186 Å². The van der Waals surface area contributed by atoms with Gasteiger partial charge in [0, 0.05) is 28.7 Å². The minimum Gasteiger partial charge on any atom is -0.369 e. The fourth-order valence-electron chi connectivity index (χ4n) is 3.18. The molecule has 4 amide bonds. The van der Waals surface area contributed by atoms with Crippen molar-refractivity contribution in [2.24, 2.45) is 11.1 Å². The van der Waals surface area contributed by atoms with Crippen molar-refractivity contribution in [3.63, 3.8) is 0 Å². The van der Waals surface area contributed by atoms with Crippen LogP contribution < -0.4 is 11.1 Å². The van der Waals surface area contributed by atoms with Crippen LogP contribution in [0.1, 0.15) is 12.0 Å². The summed E-state index contributed by atoms with van der Waals surface area (Å²) in [7, 11) is 0. The number of likely N-dealkylation sites (tertiary alicyclic amines) is 1. The van der Waals surface area contributed by atoms with Crippen LogP contribution in [0.25, 0.3) is 0 Å². The highest BCUT2D eigenvalue weighted by Crippen LogP contribution is 2.37. The van der Waals surface area contributed by atoms with Gasteiger partial charge in [-0.1, -0.05) is 52.5 Å². The minimum atomic E-state index is -1.27. The third kappa shape index (κ3) is 4.61. The standard InChI is InChI=1S/C19H15Cl4N3O3/c20-11-2-1-10(14(22)5-11)7-19(17(24)28)8-16(27)26(9-19)18(29)25-12-3-4-13(21)15(23)6-12/h1-6H,7-9H2,(H2,24,28)(H,25,29). The van der Waals surface area contributed by atoms with Crippen LogP contribution in [-0.4, -0.2) is 29.3 Å². The predicted molar refractivity (Wildman–Crippen MR) is 114 cm³/mol. The summed E-state index contributed by atoms with van der Waals surface area (Å²) >= 11 is 23.9. The number of carbonyl (C=O) groups is 3. The van der Waals surface area contributed by atoms with Gasteiger partial charge >= 0.3 is 6.03 Å². The van der Waals surface area contributed by atoms with Crippen molar-refractivity contribution in [1.82, 2.24) is 4.90 Å². The summed E-state index contributed by atoms with van der Waals surface area (Å²) < 4.78 is 0. The van der Waals surface area contributed by atoms with Crippen LogP contribution in [0.4, 0.5) is 10.5 Å². The molecule has 1 saturated heterocycles. The average molecular weight is 475 g/mol. The zero-order valence-corrected chi connectivity index (χ0v) is 17.9. The van der Waals surface area contributed by atoms with Gasteiger partial charge in [-0.3, -0.25) is 14.5 Å². The number of nitrogens with two attached hydrogens (primary N) is 1. The summed E-state index contributed by atoms with van der Waals surface area (Å²) in [6, 6.07) is 8.65. The normalized spacial score (nSPS) is 18.8. The van der Waals surface area contributed by atoms with E-state index in [1.807, 2.05) is 0 Å². The average Bonchev–Trinajstić information content (AvgIpc) is 2.98. The molecular formula is C19H15Cl4N3O3. The molecule has 1 aliphatic rings. The molecule has 0 aromatic heterocycles. The van der Waals surface area contributed by atoms with Crippen LogP contribution in [0, 0.1) is 5.41 Å². The van der Waals surface area contributed by atoms with E-state index in [9.17, 15) is 14.4 Å². The third-order valence-electron chi connectivity index (χ3n) is 4.73. The number of hydrogen-bond donors (Lipinski definition) is 2. The number of benzene rings is 2. The largest absolute Gasteiger partial charge is 0.369 e. The number of rotatable bonds is 4. The number of halogens is 4. The second-order valence-corrected chi connectivity index (χ2v) is 8.43. The lowest BCUT2D eigenvalue weighted by atomic mass is 9.80. The molecule has 0 radical (unpaired) electrons. The van der Waals surface area contributed by atoms with E-state index < -0.39 is 23.3 Å². The first-order chi connectivity index (χ1) is 13.6. The minimum absolute atomic E-state index is 0.0978. The Bertz CT molecular complexity index is 1010. The van der Waals surface area contributed by atoms with E-state index in [1.54, 1.807) is 24.3 Å². The van der Waals surface area contributed by atoms with E-state index >= 15 is 0 Å². The zero-order valence-electron chi connectivity index (χ0n) is 14.8. The van der Waals surface area contributed by atoms with Crippen molar-refractivity contribution < 1.29 is 14.4 Å². The van der Waals surface area contributed by atoms with Gasteiger partial charge in [-0.25, -0.2) is 4.79 Å². The molecule has 2 aromatic rings. The highest BCUT2D eigenvalue weighted by Gasteiger charge is 2.50. The van der Waals surface area contributed by atoms with Crippen molar-refractivity contribution in [2.45, 2.75) is 12.8 Å². The van der Waals surface area contributed by atoms with Crippen molar-refractivity contribution in [3.05, 3.63) is 62.1 Å². The van der Waals surface area contributed by atoms with Crippen molar-refractivity contribution in [3.8, 4) is 0 Å². The van der Waals surface area contributed by atoms with E-state index in [4.69, 9.17) is 52.1 Å². The fraction of sp³-hybridized carbons (Fsp3) is 0.211.